The molecule has 0 spiro atoms. The molecule has 0 aromatic heterocycles. The van der Waals surface area contributed by atoms with Crippen molar-refractivity contribution in [2.75, 3.05) is 0 Å². The van der Waals surface area contributed by atoms with Gasteiger partial charge in [0.15, 0.2) is 0 Å². The fourth-order valence-corrected chi connectivity index (χ4v) is 5.37. The Morgan fingerprint density at radius 1 is 0.857 bits per heavy atom. The van der Waals surface area contributed by atoms with Crippen LogP contribution in [0.25, 0.3) is 0 Å². The quantitative estimate of drug-likeness (QED) is 0.198. The van der Waals surface area contributed by atoms with Crippen LogP contribution in [0.2, 0.25) is 4.89 Å². The van der Waals surface area contributed by atoms with Crippen molar-refractivity contribution in [3.05, 3.63) is 12.7 Å². The Hall–Kier alpha value is -0.648. The summed E-state index contributed by atoms with van der Waals surface area (Å²) in [5, 5.41) is 14.2. The Kier molecular flexibility index (Phi) is 21.4. The smallest absolute Gasteiger partial charge is 0.475 e. The molecule has 0 rings (SSSR count). The van der Waals surface area contributed by atoms with Crippen LogP contribution in [0.1, 0.15) is 41.5 Å². The van der Waals surface area contributed by atoms with Gasteiger partial charge >= 0.3 is 61.0 Å². The van der Waals surface area contributed by atoms with E-state index in [0.29, 0.717) is 0 Å². The van der Waals surface area contributed by atoms with Crippen molar-refractivity contribution in [2.45, 2.75) is 75.8 Å². The fraction of sp³-hybridized carbons (Fsp3) is 0.750. The second-order valence-electron chi connectivity index (χ2n) is 5.75. The first-order valence-corrected chi connectivity index (χ1v) is 10.4. The third-order valence-electron chi connectivity index (χ3n) is 2.37. The molecule has 0 aliphatic heterocycles. The number of alkyl halides is 6. The van der Waals surface area contributed by atoms with E-state index in [2.05, 4.69) is 67.3 Å². The molecule has 12 heteroatoms. The van der Waals surface area contributed by atoms with E-state index in [0.717, 1.165) is 21.9 Å². The van der Waals surface area contributed by atoms with E-state index in [1.54, 1.807) is 0 Å². The van der Waals surface area contributed by atoms with Crippen molar-refractivity contribution >= 4 is 19.9 Å². The van der Waals surface area contributed by atoms with Crippen LogP contribution >= 0.6 is 7.92 Å². The molecule has 0 unspecified atom stereocenters. The van der Waals surface area contributed by atoms with Gasteiger partial charge in [0.05, 0.1) is 0 Å². The van der Waals surface area contributed by atoms with Gasteiger partial charge in [-0.15, -0.1) is 0 Å². The summed E-state index contributed by atoms with van der Waals surface area (Å²) in [6.45, 7) is 17.6. The SMILES string of the molecule is C=C[CH2][Pd].CC(C)P(C(C)C)C(C)C.O=C(O)C(F)(F)F.O=C(O)C(F)(F)F. The Morgan fingerprint density at radius 3 is 1.00 bits per heavy atom. The molecule has 0 bridgehead atoms. The van der Waals surface area contributed by atoms with Gasteiger partial charge in [-0.25, -0.2) is 9.59 Å². The fourth-order valence-electron chi connectivity index (χ4n) is 1.79. The average molecular weight is 536 g/mol. The van der Waals surface area contributed by atoms with Crippen LogP contribution in [0.5, 0.6) is 0 Å². The van der Waals surface area contributed by atoms with E-state index in [9.17, 15) is 26.3 Å². The van der Waals surface area contributed by atoms with Gasteiger partial charge < -0.3 is 10.2 Å². The molecule has 28 heavy (non-hydrogen) atoms. The van der Waals surface area contributed by atoms with E-state index in [4.69, 9.17) is 19.8 Å². The second kappa shape index (κ2) is 17.2. The maximum Gasteiger partial charge on any atom is 0.490 e. The van der Waals surface area contributed by atoms with Gasteiger partial charge in [0.25, 0.3) is 0 Å². The van der Waals surface area contributed by atoms with E-state index < -0.39 is 24.3 Å². The predicted octanol–water partition coefficient (Wildman–Crippen LogP) is 6.10. The van der Waals surface area contributed by atoms with Gasteiger partial charge in [-0.2, -0.15) is 26.3 Å². The van der Waals surface area contributed by atoms with Crippen LogP contribution in [0.15, 0.2) is 12.7 Å². The van der Waals surface area contributed by atoms with Crippen LogP contribution in [-0.4, -0.2) is 51.5 Å². The molecular formula is C16H28F6O4PPd. The Bertz CT molecular complexity index is 395. The molecule has 0 atom stereocenters. The van der Waals surface area contributed by atoms with Crippen molar-refractivity contribution in [3.63, 3.8) is 0 Å². The summed E-state index contributed by atoms with van der Waals surface area (Å²) in [6.07, 6.45) is -8.36. The number of halogens is 6. The third kappa shape index (κ3) is 25.4. The van der Waals surface area contributed by atoms with Crippen molar-refractivity contribution in [3.8, 4) is 0 Å². The monoisotopic (exact) mass is 535 g/mol. The number of carbonyl (C=O) groups is 2. The van der Waals surface area contributed by atoms with E-state index in [1.165, 1.54) is 0 Å². The number of hydrogen-bond donors (Lipinski definition) is 2. The first-order valence-electron chi connectivity index (χ1n) is 7.77. The molecule has 0 amide bonds. The minimum absolute atomic E-state index is 0.262. The molecule has 0 saturated carbocycles. The number of carboxylic acids is 2. The van der Waals surface area contributed by atoms with E-state index in [-0.39, 0.29) is 7.92 Å². The largest absolute Gasteiger partial charge is 0.490 e. The summed E-state index contributed by atoms with van der Waals surface area (Å²) in [4.78, 5) is 18.7. The van der Waals surface area contributed by atoms with Crippen LogP contribution in [0, 0.1) is 0 Å². The Labute approximate surface area is 173 Å². The summed E-state index contributed by atoms with van der Waals surface area (Å²) in [5.41, 5.74) is 2.69. The molecule has 0 aromatic carbocycles. The van der Waals surface area contributed by atoms with Crippen LogP contribution in [-0.2, 0) is 28.8 Å². The number of carboxylic acid groups (broad SMARTS) is 2. The molecule has 0 aliphatic carbocycles. The van der Waals surface area contributed by atoms with Crippen LogP contribution < -0.4 is 0 Å². The van der Waals surface area contributed by atoms with Gasteiger partial charge in [-0.1, -0.05) is 49.5 Å². The van der Waals surface area contributed by atoms with Crippen molar-refractivity contribution < 1.29 is 65.3 Å². The van der Waals surface area contributed by atoms with Gasteiger partial charge in [-0.3, -0.25) is 0 Å². The molecule has 0 aliphatic rings. The zero-order chi connectivity index (χ0) is 23.9. The zero-order valence-corrected chi connectivity index (χ0v) is 18.9. The first-order chi connectivity index (χ1) is 12.3. The van der Waals surface area contributed by atoms with Crippen LogP contribution in [0.3, 0.4) is 0 Å². The summed E-state index contributed by atoms with van der Waals surface area (Å²) in [5.74, 6) is -5.51. The zero-order valence-electron chi connectivity index (χ0n) is 16.5. The number of allylic oxidation sites excluding steroid dienone is 1. The maximum absolute atomic E-state index is 10.6. The first kappa shape index (κ1) is 34.8. The molecule has 0 fully saturated rings. The minimum Gasteiger partial charge on any atom is -0.475 e. The van der Waals surface area contributed by atoms with Crippen molar-refractivity contribution in [2.24, 2.45) is 0 Å². The number of aliphatic carboxylic acids is 2. The van der Waals surface area contributed by atoms with Crippen molar-refractivity contribution in [1.82, 2.24) is 0 Å². The Morgan fingerprint density at radius 2 is 1.00 bits per heavy atom. The second-order valence-corrected chi connectivity index (χ2v) is 10.4. The number of hydrogen-bond acceptors (Lipinski definition) is 2. The van der Waals surface area contributed by atoms with Gasteiger partial charge in [-0.05, 0) is 17.0 Å². The van der Waals surface area contributed by atoms with E-state index in [1.807, 2.05) is 6.08 Å². The normalized spacial score (nSPS) is 11.1. The van der Waals surface area contributed by atoms with Gasteiger partial charge in [0.2, 0.25) is 0 Å². The number of rotatable bonds is 4. The predicted molar refractivity (Wildman–Crippen MR) is 94.7 cm³/mol. The van der Waals surface area contributed by atoms with Gasteiger partial charge in [0.1, 0.15) is 0 Å². The average Bonchev–Trinajstić information content (AvgIpc) is 2.45. The third-order valence-corrected chi connectivity index (χ3v) is 6.39. The van der Waals surface area contributed by atoms with Crippen LogP contribution in [0.4, 0.5) is 26.3 Å². The minimum atomic E-state index is -5.08. The van der Waals surface area contributed by atoms with Gasteiger partial charge in [0, 0.05) is 0 Å². The summed E-state index contributed by atoms with van der Waals surface area (Å²) in [7, 11) is 0.262. The molecule has 4 nitrogen and oxygen atoms in total. The molecule has 0 saturated heterocycles. The van der Waals surface area contributed by atoms with E-state index >= 15 is 0 Å². The Balaban J connectivity index is -0.000000144. The summed E-state index contributed by atoms with van der Waals surface area (Å²) >= 11 is 2.92. The molecule has 173 valence electrons. The molecule has 0 radical (unpaired) electrons. The molecular weight excluding hydrogens is 508 g/mol. The topological polar surface area (TPSA) is 74.6 Å². The molecule has 2 N–H and O–H groups in total. The molecule has 0 heterocycles. The standard InChI is InChI=1S/C9H21P.C3H5.2C2HF3O2.Pd/c1-7(2)10(8(3)4)9(5)6;1-3-2;2*3-2(4,5)1(6)7;/h7-9H,1-6H3;3H,1-2H2;2*(H,6,7);. The summed E-state index contributed by atoms with van der Waals surface area (Å²) in [6, 6.07) is 0. The maximum atomic E-state index is 10.6. The van der Waals surface area contributed by atoms with Crippen molar-refractivity contribution in [1.29, 1.82) is 0 Å². The summed E-state index contributed by atoms with van der Waals surface area (Å²) < 4.78 is 63.5. The molecule has 0 aromatic rings.